The summed E-state index contributed by atoms with van der Waals surface area (Å²) in [5.41, 5.74) is 1.89. The molecule has 0 bridgehead atoms. The fourth-order valence-corrected chi connectivity index (χ4v) is 14.8. The molecular formula is C58H104Ti2. The summed E-state index contributed by atoms with van der Waals surface area (Å²) >= 11 is 0. The first-order chi connectivity index (χ1) is 27.2. The maximum absolute atomic E-state index is 2.60. The average Bonchev–Trinajstić information content (AvgIpc) is 3.83. The average molecular weight is 897 g/mol. The Morgan fingerprint density at radius 1 is 0.417 bits per heavy atom. The van der Waals surface area contributed by atoms with Gasteiger partial charge in [-0.25, -0.2) is 0 Å². The monoisotopic (exact) mass is 897 g/mol. The third-order valence-electron chi connectivity index (χ3n) is 20.4. The molecule has 60 heavy (non-hydrogen) atoms. The molecule has 6 saturated carbocycles. The van der Waals surface area contributed by atoms with Gasteiger partial charge in [0.1, 0.15) is 0 Å². The van der Waals surface area contributed by atoms with E-state index in [4.69, 9.17) is 0 Å². The van der Waals surface area contributed by atoms with Crippen LogP contribution in [0, 0.1) is 116 Å². The van der Waals surface area contributed by atoms with E-state index >= 15 is 0 Å². The predicted octanol–water partition coefficient (Wildman–Crippen LogP) is 18.4. The van der Waals surface area contributed by atoms with E-state index < -0.39 is 0 Å². The van der Waals surface area contributed by atoms with Crippen LogP contribution in [0.5, 0.6) is 0 Å². The van der Waals surface area contributed by atoms with Crippen LogP contribution < -0.4 is 0 Å². The Kier molecular flexibility index (Phi) is 24.1. The molecule has 16 unspecified atom stereocenters. The van der Waals surface area contributed by atoms with Crippen LogP contribution in [-0.4, -0.2) is 0 Å². The molecule has 344 valence electrons. The summed E-state index contributed by atoms with van der Waals surface area (Å²) in [5, 5.41) is 0. The minimum Gasteiger partial charge on any atom is -0.0808 e. The van der Waals surface area contributed by atoms with Crippen molar-refractivity contribution in [2.45, 2.75) is 203 Å². The Hall–Kier alpha value is 0.389. The fourth-order valence-electron chi connectivity index (χ4n) is 14.8. The van der Waals surface area contributed by atoms with Crippen LogP contribution in [0.15, 0.2) is 48.6 Å². The second-order valence-electron chi connectivity index (χ2n) is 23.4. The first kappa shape index (κ1) is 58.4. The molecule has 0 nitrogen and oxygen atoms in total. The molecule has 8 rings (SSSR count). The SMILES string of the molecule is CC.CC.CC1C(C)C(C(C)C2(C)CCC3C=CC=CC32)C(C)(C)C1C.CC1C(C)C(C(C)C2(C)CCC3C=CC=CC32)C(C)(C)C1C.CC1CCC1.CC1CCC1.[Ti].[Ti]. The quantitative estimate of drug-likeness (QED) is 0.247. The van der Waals surface area contributed by atoms with Crippen molar-refractivity contribution >= 4 is 0 Å². The first-order valence-corrected chi connectivity index (χ1v) is 25.9. The van der Waals surface area contributed by atoms with Gasteiger partial charge in [0.25, 0.3) is 0 Å². The van der Waals surface area contributed by atoms with Crippen molar-refractivity contribution < 1.29 is 43.4 Å². The minimum atomic E-state index is 0. The molecule has 0 amide bonds. The van der Waals surface area contributed by atoms with Gasteiger partial charge in [0.2, 0.25) is 0 Å². The molecule has 6 fully saturated rings. The van der Waals surface area contributed by atoms with Crippen molar-refractivity contribution in [3.63, 3.8) is 0 Å². The summed E-state index contributed by atoms with van der Waals surface area (Å²) in [4.78, 5) is 0. The van der Waals surface area contributed by atoms with E-state index in [0.717, 1.165) is 94.7 Å². The first-order valence-electron chi connectivity index (χ1n) is 25.9. The molecule has 0 aromatic rings. The van der Waals surface area contributed by atoms with Crippen LogP contribution in [0.1, 0.15) is 203 Å². The third-order valence-corrected chi connectivity index (χ3v) is 20.4. The molecule has 2 heteroatoms. The molecule has 8 aliphatic carbocycles. The Bertz CT molecular complexity index is 1240. The van der Waals surface area contributed by atoms with Crippen molar-refractivity contribution in [3.05, 3.63) is 48.6 Å². The zero-order valence-electron chi connectivity index (χ0n) is 43.9. The molecule has 16 atom stereocenters. The molecule has 0 saturated heterocycles. The van der Waals surface area contributed by atoms with E-state index in [1.807, 2.05) is 27.7 Å². The van der Waals surface area contributed by atoms with Gasteiger partial charge in [-0.3, -0.25) is 0 Å². The molecule has 0 N–H and O–H groups in total. The van der Waals surface area contributed by atoms with Crippen LogP contribution in [0.25, 0.3) is 0 Å². The smallest absolute Gasteiger partial charge is 0 e. The Labute approximate surface area is 408 Å². The molecule has 0 radical (unpaired) electrons. The maximum atomic E-state index is 2.60. The van der Waals surface area contributed by atoms with Gasteiger partial charge in [0, 0.05) is 43.4 Å². The summed E-state index contributed by atoms with van der Waals surface area (Å²) in [6, 6.07) is 0. The largest absolute Gasteiger partial charge is 0.0808 e. The summed E-state index contributed by atoms with van der Waals surface area (Å²) in [5.74, 6) is 13.6. The number of rotatable bonds is 4. The normalized spacial score (nSPS) is 41.9. The molecule has 0 spiro atoms. The Morgan fingerprint density at radius 2 is 0.683 bits per heavy atom. The van der Waals surface area contributed by atoms with Crippen molar-refractivity contribution in [2.75, 3.05) is 0 Å². The van der Waals surface area contributed by atoms with E-state index in [1.165, 1.54) is 64.2 Å². The molecular weight excluding hydrogens is 792 g/mol. The number of fused-ring (bicyclic) bond motifs is 2. The molecule has 0 heterocycles. The number of hydrogen-bond donors (Lipinski definition) is 0. The predicted molar refractivity (Wildman–Crippen MR) is 262 cm³/mol. The molecule has 8 aliphatic rings. The molecule has 0 aliphatic heterocycles. The van der Waals surface area contributed by atoms with Crippen molar-refractivity contribution in [2.24, 2.45) is 116 Å². The second kappa shape index (κ2) is 24.8. The fraction of sp³-hybridized carbons (Fsp3) is 0.862. The summed E-state index contributed by atoms with van der Waals surface area (Å²) in [6.07, 6.45) is 33.6. The zero-order chi connectivity index (χ0) is 44.0. The van der Waals surface area contributed by atoms with E-state index in [1.54, 1.807) is 0 Å². The van der Waals surface area contributed by atoms with E-state index in [0.29, 0.717) is 21.7 Å². The maximum Gasteiger partial charge on any atom is 0 e. The Balaban J connectivity index is 0.000000444. The summed E-state index contributed by atoms with van der Waals surface area (Å²) in [7, 11) is 0. The number of allylic oxidation sites excluding steroid dienone is 8. The van der Waals surface area contributed by atoms with Crippen LogP contribution in [-0.2, 0) is 43.4 Å². The van der Waals surface area contributed by atoms with Gasteiger partial charge in [-0.2, -0.15) is 0 Å². The van der Waals surface area contributed by atoms with Gasteiger partial charge in [0.05, 0.1) is 0 Å². The van der Waals surface area contributed by atoms with Crippen molar-refractivity contribution in [1.82, 2.24) is 0 Å². The third kappa shape index (κ3) is 12.0. The van der Waals surface area contributed by atoms with E-state index in [2.05, 4.69) is 159 Å². The summed E-state index contributed by atoms with van der Waals surface area (Å²) in [6.45, 7) is 48.2. The summed E-state index contributed by atoms with van der Waals surface area (Å²) < 4.78 is 0. The van der Waals surface area contributed by atoms with Crippen molar-refractivity contribution in [1.29, 1.82) is 0 Å². The topological polar surface area (TPSA) is 0 Å². The van der Waals surface area contributed by atoms with Gasteiger partial charge < -0.3 is 0 Å². The van der Waals surface area contributed by atoms with Gasteiger partial charge in [-0.15, -0.1) is 0 Å². The van der Waals surface area contributed by atoms with Crippen LogP contribution in [0.2, 0.25) is 0 Å². The zero-order valence-corrected chi connectivity index (χ0v) is 47.1. The minimum absolute atomic E-state index is 0. The van der Waals surface area contributed by atoms with Gasteiger partial charge >= 0.3 is 0 Å². The van der Waals surface area contributed by atoms with Gasteiger partial charge in [0.15, 0.2) is 0 Å². The van der Waals surface area contributed by atoms with E-state index in [-0.39, 0.29) is 43.4 Å². The van der Waals surface area contributed by atoms with Crippen LogP contribution in [0.4, 0.5) is 0 Å². The van der Waals surface area contributed by atoms with Gasteiger partial charge in [-0.05, 0) is 142 Å². The Morgan fingerprint density at radius 3 is 0.900 bits per heavy atom. The van der Waals surface area contributed by atoms with Crippen LogP contribution >= 0.6 is 0 Å². The van der Waals surface area contributed by atoms with Crippen molar-refractivity contribution in [3.8, 4) is 0 Å². The standard InChI is InChI=1S/2C22H36.2C5H10.2C2H6.2Ti/c2*1-14-15(2)20(21(5,6)16(14)3)17(4)22(7)13-12-18-10-8-9-11-19(18)22;2*1-5-3-2-4-5;2*1-2;;/h2*8-11,14-20H,12-13H2,1-7H3;2*5H,2-4H2,1H3;2*1-2H3;;. The number of hydrogen-bond acceptors (Lipinski definition) is 0. The van der Waals surface area contributed by atoms with E-state index in [9.17, 15) is 0 Å². The molecule has 0 aromatic heterocycles. The second-order valence-corrected chi connectivity index (χ2v) is 23.4. The molecule has 0 aromatic carbocycles. The van der Waals surface area contributed by atoms with Gasteiger partial charge in [-0.1, -0.05) is 226 Å². The van der Waals surface area contributed by atoms with Crippen LogP contribution in [0.3, 0.4) is 0 Å².